The molecule has 1 rings (SSSR count). The molecule has 1 aromatic carbocycles. The molecule has 0 fully saturated rings. The van der Waals surface area contributed by atoms with Crippen LogP contribution in [0.4, 0.5) is 4.39 Å². The summed E-state index contributed by atoms with van der Waals surface area (Å²) >= 11 is 0. The molecule has 0 saturated heterocycles. The largest absolute Gasteiger partial charge is 0.468 e. The first-order valence-corrected chi connectivity index (χ1v) is 6.08. The van der Waals surface area contributed by atoms with E-state index in [9.17, 15) is 18.8 Å². The van der Waals surface area contributed by atoms with Gasteiger partial charge in [-0.25, -0.2) is 4.39 Å². The summed E-state index contributed by atoms with van der Waals surface area (Å²) in [5, 5.41) is 0. The first-order valence-electron chi connectivity index (χ1n) is 6.08. The standard InChI is InChI=1S/C14H16FNO5/c1-9-5-4-6-10(13(9)15)14(19)16(7-11(17)20-2)8-12(18)21-3/h4-6H,7-8H2,1-3H3. The van der Waals surface area contributed by atoms with E-state index in [0.717, 1.165) is 19.1 Å². The molecule has 0 unspecified atom stereocenters. The third-order valence-corrected chi connectivity index (χ3v) is 2.80. The lowest BCUT2D eigenvalue weighted by molar-refractivity contribution is -0.144. The van der Waals surface area contributed by atoms with Crippen molar-refractivity contribution in [3.05, 3.63) is 35.1 Å². The van der Waals surface area contributed by atoms with Gasteiger partial charge in [-0.1, -0.05) is 12.1 Å². The fraction of sp³-hybridized carbons (Fsp3) is 0.357. The lowest BCUT2D eigenvalue weighted by Gasteiger charge is -2.20. The van der Waals surface area contributed by atoms with E-state index in [1.54, 1.807) is 0 Å². The van der Waals surface area contributed by atoms with Crippen molar-refractivity contribution in [3.63, 3.8) is 0 Å². The molecule has 0 aromatic heterocycles. The van der Waals surface area contributed by atoms with Crippen LogP contribution in [0.5, 0.6) is 0 Å². The molecule has 1 amide bonds. The molecular weight excluding hydrogens is 281 g/mol. The molecule has 0 saturated carbocycles. The van der Waals surface area contributed by atoms with Crippen molar-refractivity contribution in [2.24, 2.45) is 0 Å². The first kappa shape index (κ1) is 16.6. The van der Waals surface area contributed by atoms with Crippen LogP contribution >= 0.6 is 0 Å². The molecular formula is C14H16FNO5. The maximum atomic E-state index is 14.0. The van der Waals surface area contributed by atoms with Crippen LogP contribution < -0.4 is 0 Å². The average molecular weight is 297 g/mol. The average Bonchev–Trinajstić information content (AvgIpc) is 2.48. The summed E-state index contributed by atoms with van der Waals surface area (Å²) in [5.74, 6) is -2.92. The minimum Gasteiger partial charge on any atom is -0.468 e. The summed E-state index contributed by atoms with van der Waals surface area (Å²) in [7, 11) is 2.30. The smallest absolute Gasteiger partial charge is 0.325 e. The van der Waals surface area contributed by atoms with Gasteiger partial charge >= 0.3 is 11.9 Å². The van der Waals surface area contributed by atoms with Crippen LogP contribution in [0.2, 0.25) is 0 Å². The van der Waals surface area contributed by atoms with Gasteiger partial charge < -0.3 is 14.4 Å². The number of methoxy groups -OCH3 is 2. The zero-order valence-corrected chi connectivity index (χ0v) is 12.0. The topological polar surface area (TPSA) is 72.9 Å². The van der Waals surface area contributed by atoms with Gasteiger partial charge in [-0.05, 0) is 18.6 Å². The van der Waals surface area contributed by atoms with Gasteiger partial charge in [-0.15, -0.1) is 0 Å². The van der Waals surface area contributed by atoms with Gasteiger partial charge in [0.2, 0.25) is 0 Å². The number of rotatable bonds is 5. The highest BCUT2D eigenvalue weighted by atomic mass is 19.1. The number of hydrogen-bond donors (Lipinski definition) is 0. The number of benzene rings is 1. The number of nitrogens with zero attached hydrogens (tertiary/aromatic N) is 1. The second-order valence-corrected chi connectivity index (χ2v) is 4.25. The molecule has 0 aliphatic rings. The Morgan fingerprint density at radius 2 is 1.62 bits per heavy atom. The maximum absolute atomic E-state index is 14.0. The van der Waals surface area contributed by atoms with Crippen LogP contribution in [0, 0.1) is 12.7 Å². The van der Waals surface area contributed by atoms with E-state index in [2.05, 4.69) is 9.47 Å². The van der Waals surface area contributed by atoms with E-state index >= 15 is 0 Å². The molecule has 0 radical (unpaired) electrons. The van der Waals surface area contributed by atoms with Crippen molar-refractivity contribution < 1.29 is 28.2 Å². The molecule has 0 aliphatic heterocycles. The molecule has 114 valence electrons. The van der Waals surface area contributed by atoms with Crippen molar-refractivity contribution in [2.75, 3.05) is 27.3 Å². The molecule has 1 aromatic rings. The maximum Gasteiger partial charge on any atom is 0.325 e. The lowest BCUT2D eigenvalue weighted by Crippen LogP contribution is -2.40. The number of carbonyl (C=O) groups excluding carboxylic acids is 3. The van der Waals surface area contributed by atoms with Crippen LogP contribution in [-0.2, 0) is 19.1 Å². The molecule has 0 aliphatic carbocycles. The highest BCUT2D eigenvalue weighted by Gasteiger charge is 2.24. The zero-order chi connectivity index (χ0) is 16.0. The van der Waals surface area contributed by atoms with E-state index in [0.29, 0.717) is 0 Å². The van der Waals surface area contributed by atoms with Crippen LogP contribution in [0.15, 0.2) is 18.2 Å². The van der Waals surface area contributed by atoms with Crippen molar-refractivity contribution in [1.82, 2.24) is 4.90 Å². The minimum atomic E-state index is -0.785. The number of hydrogen-bond acceptors (Lipinski definition) is 5. The Balaban J connectivity index is 3.06. The Hall–Kier alpha value is -2.44. The fourth-order valence-corrected chi connectivity index (χ4v) is 1.62. The van der Waals surface area contributed by atoms with Gasteiger partial charge in [0.1, 0.15) is 18.9 Å². The Bertz CT molecular complexity index is 540. The normalized spacial score (nSPS) is 9.90. The Kier molecular flexibility index (Phi) is 5.83. The second-order valence-electron chi connectivity index (χ2n) is 4.25. The van der Waals surface area contributed by atoms with Crippen molar-refractivity contribution in [1.29, 1.82) is 0 Å². The number of esters is 2. The van der Waals surface area contributed by atoms with Gasteiger partial charge in [0.25, 0.3) is 5.91 Å². The van der Waals surface area contributed by atoms with Crippen LogP contribution in [-0.4, -0.2) is 50.1 Å². The zero-order valence-electron chi connectivity index (χ0n) is 12.0. The van der Waals surface area contributed by atoms with E-state index in [4.69, 9.17) is 0 Å². The number of halogens is 1. The quantitative estimate of drug-likeness (QED) is 0.756. The van der Waals surface area contributed by atoms with Gasteiger partial charge in [0.05, 0.1) is 19.8 Å². The Morgan fingerprint density at radius 1 is 1.10 bits per heavy atom. The fourth-order valence-electron chi connectivity index (χ4n) is 1.62. The monoisotopic (exact) mass is 297 g/mol. The SMILES string of the molecule is COC(=O)CN(CC(=O)OC)C(=O)c1cccc(C)c1F. The molecule has 0 spiro atoms. The highest BCUT2D eigenvalue weighted by molar-refractivity contribution is 5.98. The molecule has 21 heavy (non-hydrogen) atoms. The first-order chi connectivity index (χ1) is 9.90. The predicted molar refractivity (Wildman–Crippen MR) is 71.1 cm³/mol. The third-order valence-electron chi connectivity index (χ3n) is 2.80. The van der Waals surface area contributed by atoms with Gasteiger partial charge in [-0.3, -0.25) is 14.4 Å². The predicted octanol–water partition coefficient (Wildman–Crippen LogP) is 0.922. The molecule has 0 atom stereocenters. The minimum absolute atomic E-state index is 0.220. The molecule has 7 heteroatoms. The van der Waals surface area contributed by atoms with Crippen LogP contribution in [0.1, 0.15) is 15.9 Å². The summed E-state index contributed by atoms with van der Waals surface area (Å²) in [5.41, 5.74) is 0.0692. The lowest BCUT2D eigenvalue weighted by atomic mass is 10.1. The molecule has 0 heterocycles. The summed E-state index contributed by atoms with van der Waals surface area (Å²) < 4.78 is 22.9. The highest BCUT2D eigenvalue weighted by Crippen LogP contribution is 2.14. The molecule has 6 nitrogen and oxygen atoms in total. The van der Waals surface area contributed by atoms with Crippen molar-refractivity contribution in [2.45, 2.75) is 6.92 Å². The van der Waals surface area contributed by atoms with Gasteiger partial charge in [-0.2, -0.15) is 0 Å². The van der Waals surface area contributed by atoms with Crippen LogP contribution in [0.25, 0.3) is 0 Å². The number of amides is 1. The Labute approximate surface area is 121 Å². The summed E-state index contributed by atoms with van der Waals surface area (Å²) in [6.45, 7) is 0.562. The van der Waals surface area contributed by atoms with Gasteiger partial charge in [0, 0.05) is 0 Å². The van der Waals surface area contributed by atoms with Crippen LogP contribution in [0.3, 0.4) is 0 Å². The second kappa shape index (κ2) is 7.37. The van der Waals surface area contributed by atoms with E-state index in [1.807, 2.05) is 0 Å². The van der Waals surface area contributed by atoms with E-state index in [-0.39, 0.29) is 11.1 Å². The summed E-state index contributed by atoms with van der Waals surface area (Å²) in [6.07, 6.45) is 0. The van der Waals surface area contributed by atoms with Crippen molar-refractivity contribution in [3.8, 4) is 0 Å². The summed E-state index contributed by atoms with van der Waals surface area (Å²) in [4.78, 5) is 35.8. The number of aryl methyl sites for hydroxylation is 1. The van der Waals surface area contributed by atoms with Crippen molar-refractivity contribution >= 4 is 17.8 Å². The third kappa shape index (κ3) is 4.27. The number of ether oxygens (including phenoxy) is 2. The molecule has 0 bridgehead atoms. The Morgan fingerprint density at radius 3 is 2.10 bits per heavy atom. The van der Waals surface area contributed by atoms with Gasteiger partial charge in [0.15, 0.2) is 0 Å². The van der Waals surface area contributed by atoms with E-state index < -0.39 is 36.8 Å². The summed E-state index contributed by atoms with van der Waals surface area (Å²) in [6, 6.07) is 4.31. The number of carbonyl (C=O) groups is 3. The molecule has 0 N–H and O–H groups in total. The van der Waals surface area contributed by atoms with E-state index in [1.165, 1.54) is 25.1 Å².